The predicted molar refractivity (Wildman–Crippen MR) is 128 cm³/mol. The summed E-state index contributed by atoms with van der Waals surface area (Å²) in [6.45, 7) is 1.88. The molecule has 0 fully saturated rings. The van der Waals surface area contributed by atoms with Crippen LogP contribution in [0.3, 0.4) is 0 Å². The molecule has 166 valence electrons. The molecule has 0 aliphatic carbocycles. The Kier molecular flexibility index (Phi) is 5.74. The molecular formula is C22H20BrN3O4S2. The summed E-state index contributed by atoms with van der Waals surface area (Å²) in [6.07, 6.45) is 3.01. The third-order valence-corrected chi connectivity index (χ3v) is 8.99. The van der Waals surface area contributed by atoms with Gasteiger partial charge in [0.25, 0.3) is 10.0 Å². The van der Waals surface area contributed by atoms with Gasteiger partial charge >= 0.3 is 0 Å². The highest BCUT2D eigenvalue weighted by molar-refractivity contribution is 9.10. The van der Waals surface area contributed by atoms with Crippen molar-refractivity contribution >= 4 is 47.0 Å². The second kappa shape index (κ2) is 8.11. The summed E-state index contributed by atoms with van der Waals surface area (Å²) >= 11 is 3.39. The van der Waals surface area contributed by atoms with Crippen molar-refractivity contribution in [3.63, 3.8) is 0 Å². The summed E-state index contributed by atoms with van der Waals surface area (Å²) < 4.78 is 55.0. The molecule has 32 heavy (non-hydrogen) atoms. The number of halogens is 1. The van der Waals surface area contributed by atoms with Crippen LogP contribution in [0.5, 0.6) is 0 Å². The number of pyridine rings is 1. The Balaban J connectivity index is 1.97. The molecule has 0 aliphatic heterocycles. The number of hydrogen-bond donors (Lipinski definition) is 0. The van der Waals surface area contributed by atoms with Gasteiger partial charge in [-0.15, -0.1) is 0 Å². The first kappa shape index (κ1) is 22.7. The Morgan fingerprint density at radius 3 is 2.28 bits per heavy atom. The van der Waals surface area contributed by atoms with Crippen LogP contribution in [0.4, 0.5) is 0 Å². The van der Waals surface area contributed by atoms with Gasteiger partial charge in [-0.3, -0.25) is 0 Å². The molecule has 0 atom stereocenters. The van der Waals surface area contributed by atoms with Crippen LogP contribution in [0.1, 0.15) is 5.56 Å². The molecule has 2 aromatic heterocycles. The molecule has 4 aromatic rings. The van der Waals surface area contributed by atoms with Crippen LogP contribution in [0, 0.1) is 6.92 Å². The van der Waals surface area contributed by atoms with Crippen molar-refractivity contribution in [3.8, 4) is 11.1 Å². The molecule has 2 aromatic carbocycles. The third kappa shape index (κ3) is 3.88. The summed E-state index contributed by atoms with van der Waals surface area (Å²) in [5.41, 5.74) is 2.32. The lowest BCUT2D eigenvalue weighted by Crippen LogP contribution is -2.22. The minimum absolute atomic E-state index is 0.116. The van der Waals surface area contributed by atoms with Gasteiger partial charge in [-0.25, -0.2) is 30.1 Å². The van der Waals surface area contributed by atoms with Crippen molar-refractivity contribution in [2.24, 2.45) is 0 Å². The van der Waals surface area contributed by atoms with Gasteiger partial charge in [0.05, 0.1) is 9.79 Å². The van der Waals surface area contributed by atoms with Gasteiger partial charge in [0.1, 0.15) is 0 Å². The molecule has 0 spiro atoms. The number of sulfonamides is 1. The molecule has 4 rings (SSSR count). The average molecular weight is 534 g/mol. The minimum atomic E-state index is -3.92. The number of nitrogens with zero attached hydrogens (tertiary/aromatic N) is 3. The maximum atomic E-state index is 13.4. The molecule has 0 unspecified atom stereocenters. The first-order valence-corrected chi connectivity index (χ1v) is 13.2. The Morgan fingerprint density at radius 1 is 0.938 bits per heavy atom. The molecule has 0 radical (unpaired) electrons. The molecule has 0 bridgehead atoms. The van der Waals surface area contributed by atoms with Crippen molar-refractivity contribution in [1.82, 2.24) is 13.3 Å². The standard InChI is InChI=1S/C22H20BrN3O4S2/c1-15-7-9-18(10-8-15)32(29,30)26-14-21(20-12-17(23)13-24-22(20)26)16-5-4-6-19(11-16)31(27,28)25(2)3/h4-14H,1-3H3. The molecule has 2 heterocycles. The van der Waals surface area contributed by atoms with E-state index in [2.05, 4.69) is 20.9 Å². The molecule has 0 saturated heterocycles. The van der Waals surface area contributed by atoms with Gasteiger partial charge in [-0.1, -0.05) is 29.8 Å². The number of fused-ring (bicyclic) bond motifs is 1. The van der Waals surface area contributed by atoms with Crippen LogP contribution < -0.4 is 0 Å². The third-order valence-electron chi connectivity index (χ3n) is 5.08. The first-order chi connectivity index (χ1) is 15.0. The van der Waals surface area contributed by atoms with E-state index in [1.165, 1.54) is 38.6 Å². The van der Waals surface area contributed by atoms with E-state index in [0.29, 0.717) is 21.0 Å². The fraction of sp³-hybridized carbons (Fsp3) is 0.136. The second-order valence-electron chi connectivity index (χ2n) is 7.50. The topological polar surface area (TPSA) is 89.3 Å². The fourth-order valence-electron chi connectivity index (χ4n) is 3.33. The van der Waals surface area contributed by atoms with E-state index in [1.807, 2.05) is 6.92 Å². The monoisotopic (exact) mass is 533 g/mol. The van der Waals surface area contributed by atoms with E-state index in [1.54, 1.807) is 42.5 Å². The van der Waals surface area contributed by atoms with Gasteiger partial charge in [0, 0.05) is 41.9 Å². The van der Waals surface area contributed by atoms with Crippen LogP contribution in [-0.4, -0.2) is 44.2 Å². The largest absolute Gasteiger partial charge is 0.269 e. The van der Waals surface area contributed by atoms with Crippen molar-refractivity contribution < 1.29 is 16.8 Å². The summed E-state index contributed by atoms with van der Waals surface area (Å²) in [5.74, 6) is 0. The van der Waals surface area contributed by atoms with E-state index in [-0.39, 0.29) is 15.4 Å². The van der Waals surface area contributed by atoms with E-state index < -0.39 is 20.0 Å². The van der Waals surface area contributed by atoms with Crippen LogP contribution in [0.15, 0.2) is 81.3 Å². The molecule has 0 amide bonds. The summed E-state index contributed by atoms with van der Waals surface area (Å²) in [4.78, 5) is 4.60. The van der Waals surface area contributed by atoms with Gasteiger partial charge in [0.2, 0.25) is 10.0 Å². The maximum Gasteiger partial charge on any atom is 0.269 e. The Hall–Kier alpha value is -2.53. The summed E-state index contributed by atoms with van der Waals surface area (Å²) in [6, 6.07) is 14.8. The predicted octanol–water partition coefficient (Wildman–Crippen LogP) is 4.26. The number of benzene rings is 2. The normalized spacial score (nSPS) is 12.5. The van der Waals surface area contributed by atoms with Gasteiger partial charge < -0.3 is 0 Å². The summed E-state index contributed by atoms with van der Waals surface area (Å²) in [5, 5.41) is 0.578. The minimum Gasteiger partial charge on any atom is -0.236 e. The molecule has 10 heteroatoms. The van der Waals surface area contributed by atoms with Crippen LogP contribution in [-0.2, 0) is 20.0 Å². The maximum absolute atomic E-state index is 13.4. The average Bonchev–Trinajstić information content (AvgIpc) is 3.13. The van der Waals surface area contributed by atoms with E-state index in [9.17, 15) is 16.8 Å². The highest BCUT2D eigenvalue weighted by atomic mass is 79.9. The van der Waals surface area contributed by atoms with Crippen LogP contribution in [0.2, 0.25) is 0 Å². The lowest BCUT2D eigenvalue weighted by atomic mass is 10.1. The molecule has 7 nitrogen and oxygen atoms in total. The van der Waals surface area contributed by atoms with Crippen molar-refractivity contribution in [2.45, 2.75) is 16.7 Å². The first-order valence-electron chi connectivity index (χ1n) is 9.53. The zero-order valence-corrected chi connectivity index (χ0v) is 20.7. The molecule has 0 saturated carbocycles. The Bertz CT molecular complexity index is 1540. The van der Waals surface area contributed by atoms with Crippen LogP contribution in [0.25, 0.3) is 22.2 Å². The molecular weight excluding hydrogens is 514 g/mol. The van der Waals surface area contributed by atoms with Gasteiger partial charge in [-0.05, 0) is 58.7 Å². The van der Waals surface area contributed by atoms with E-state index >= 15 is 0 Å². The van der Waals surface area contributed by atoms with Crippen molar-refractivity contribution in [2.75, 3.05) is 14.1 Å². The lowest BCUT2D eigenvalue weighted by Gasteiger charge is -2.12. The molecule has 0 N–H and O–H groups in total. The van der Waals surface area contributed by atoms with Gasteiger partial charge in [-0.2, -0.15) is 0 Å². The van der Waals surface area contributed by atoms with Crippen molar-refractivity contribution in [3.05, 3.63) is 77.0 Å². The second-order valence-corrected chi connectivity index (χ2v) is 12.4. The highest BCUT2D eigenvalue weighted by Crippen LogP contribution is 2.34. The van der Waals surface area contributed by atoms with Crippen molar-refractivity contribution in [1.29, 1.82) is 0 Å². The van der Waals surface area contributed by atoms with Gasteiger partial charge in [0.15, 0.2) is 5.65 Å². The van der Waals surface area contributed by atoms with E-state index in [4.69, 9.17) is 0 Å². The smallest absolute Gasteiger partial charge is 0.236 e. The zero-order chi connectivity index (χ0) is 23.3. The Morgan fingerprint density at radius 2 is 1.62 bits per heavy atom. The fourth-order valence-corrected chi connectivity index (χ4v) is 5.93. The zero-order valence-electron chi connectivity index (χ0n) is 17.5. The van der Waals surface area contributed by atoms with E-state index in [0.717, 1.165) is 13.8 Å². The highest BCUT2D eigenvalue weighted by Gasteiger charge is 2.24. The number of aryl methyl sites for hydroxylation is 1. The number of aromatic nitrogens is 2. The molecule has 0 aliphatic rings. The number of rotatable bonds is 5. The number of hydrogen-bond acceptors (Lipinski definition) is 5. The van der Waals surface area contributed by atoms with Crippen LogP contribution >= 0.6 is 15.9 Å². The Labute approximate surface area is 195 Å². The SMILES string of the molecule is Cc1ccc(S(=O)(=O)n2cc(-c3cccc(S(=O)(=O)N(C)C)c3)c3cc(Br)cnc32)cc1. The quantitative estimate of drug-likeness (QED) is 0.382. The lowest BCUT2D eigenvalue weighted by molar-refractivity contribution is 0.521. The summed E-state index contributed by atoms with van der Waals surface area (Å²) in [7, 11) is -4.65.